The first-order valence-electron chi connectivity index (χ1n) is 12.9. The highest BCUT2D eigenvalue weighted by Crippen LogP contribution is 2.34. The van der Waals surface area contributed by atoms with Gasteiger partial charge in [-0.1, -0.05) is 55.8 Å². The van der Waals surface area contributed by atoms with E-state index >= 15 is 0 Å². The van der Waals surface area contributed by atoms with Crippen molar-refractivity contribution in [3.63, 3.8) is 0 Å². The van der Waals surface area contributed by atoms with Crippen LogP contribution in [-0.4, -0.2) is 29.8 Å². The third kappa shape index (κ3) is 7.13. The van der Waals surface area contributed by atoms with Crippen molar-refractivity contribution in [2.75, 3.05) is 13.7 Å². The van der Waals surface area contributed by atoms with Gasteiger partial charge < -0.3 is 19.3 Å². The van der Waals surface area contributed by atoms with Crippen LogP contribution in [0.1, 0.15) is 46.9 Å². The minimum Gasteiger partial charge on any atom is -0.497 e. The van der Waals surface area contributed by atoms with E-state index in [9.17, 15) is 9.90 Å². The van der Waals surface area contributed by atoms with Crippen LogP contribution in [0.4, 0.5) is 0 Å². The number of aromatic nitrogens is 1. The molecule has 0 aliphatic heterocycles. The van der Waals surface area contributed by atoms with E-state index in [0.717, 1.165) is 29.7 Å². The fourth-order valence-corrected chi connectivity index (χ4v) is 4.20. The van der Waals surface area contributed by atoms with Crippen LogP contribution in [0.2, 0.25) is 0 Å². The van der Waals surface area contributed by atoms with Crippen molar-refractivity contribution in [3.8, 4) is 28.5 Å². The molecule has 0 saturated heterocycles. The van der Waals surface area contributed by atoms with E-state index in [1.54, 1.807) is 19.2 Å². The predicted octanol–water partition coefficient (Wildman–Crippen LogP) is 7.00. The Kier molecular flexibility index (Phi) is 9.35. The summed E-state index contributed by atoms with van der Waals surface area (Å²) < 4.78 is 17.4. The normalized spacial score (nSPS) is 10.7. The molecule has 6 heteroatoms. The van der Waals surface area contributed by atoms with Gasteiger partial charge in [-0.15, -0.1) is 0 Å². The molecule has 0 aliphatic carbocycles. The number of aromatic carboxylic acids is 1. The van der Waals surface area contributed by atoms with Crippen LogP contribution < -0.4 is 14.2 Å². The summed E-state index contributed by atoms with van der Waals surface area (Å²) in [5.41, 5.74) is 4.44. The van der Waals surface area contributed by atoms with Crippen molar-refractivity contribution in [1.82, 2.24) is 4.98 Å². The van der Waals surface area contributed by atoms with Crippen molar-refractivity contribution in [3.05, 3.63) is 107 Å². The number of methoxy groups -OCH3 is 1. The van der Waals surface area contributed by atoms with Crippen LogP contribution in [0.15, 0.2) is 84.9 Å². The number of pyridine rings is 1. The second-order valence-corrected chi connectivity index (χ2v) is 8.98. The molecule has 3 aromatic carbocycles. The van der Waals surface area contributed by atoms with Crippen molar-refractivity contribution < 1.29 is 24.1 Å². The lowest BCUT2D eigenvalue weighted by molar-refractivity contribution is 0.0695. The first kappa shape index (κ1) is 26.7. The van der Waals surface area contributed by atoms with Gasteiger partial charge in [0.2, 0.25) is 0 Å². The average molecular weight is 512 g/mol. The highest BCUT2D eigenvalue weighted by molar-refractivity contribution is 5.89. The third-order valence-electron chi connectivity index (χ3n) is 6.20. The van der Waals surface area contributed by atoms with Crippen LogP contribution in [0.5, 0.6) is 17.2 Å². The highest BCUT2D eigenvalue weighted by Gasteiger charge is 2.16. The van der Waals surface area contributed by atoms with Gasteiger partial charge in [0.15, 0.2) is 0 Å². The van der Waals surface area contributed by atoms with Gasteiger partial charge in [0.05, 0.1) is 30.7 Å². The van der Waals surface area contributed by atoms with Crippen molar-refractivity contribution in [1.29, 1.82) is 0 Å². The van der Waals surface area contributed by atoms with Gasteiger partial charge in [-0.2, -0.15) is 0 Å². The molecule has 0 radical (unpaired) electrons. The molecule has 1 heterocycles. The molecule has 4 aromatic rings. The van der Waals surface area contributed by atoms with E-state index in [1.165, 1.54) is 5.56 Å². The topological polar surface area (TPSA) is 77.9 Å². The standard InChI is InChI=1S/C32H33NO5/c1-3-8-23-12-14-25(15-13-23)37-20-7-11-29-28(32(34)35)18-19-30(33-29)27-17-16-26(36-2)21-31(27)38-22-24-9-5-4-6-10-24/h4-6,9-10,12-19,21H,3,7-8,11,20,22H2,1-2H3,(H,34,35). The zero-order chi connectivity index (χ0) is 26.7. The lowest BCUT2D eigenvalue weighted by Gasteiger charge is -2.15. The Morgan fingerprint density at radius 3 is 2.32 bits per heavy atom. The van der Waals surface area contributed by atoms with E-state index in [1.807, 2.05) is 60.7 Å². The number of hydrogen-bond acceptors (Lipinski definition) is 5. The summed E-state index contributed by atoms with van der Waals surface area (Å²) in [6, 6.07) is 26.9. The average Bonchev–Trinajstić information content (AvgIpc) is 2.95. The maximum Gasteiger partial charge on any atom is 0.337 e. The van der Waals surface area contributed by atoms with Gasteiger partial charge in [0.25, 0.3) is 0 Å². The van der Waals surface area contributed by atoms with E-state index in [2.05, 4.69) is 19.1 Å². The molecule has 0 fully saturated rings. The monoisotopic (exact) mass is 511 g/mol. The number of hydrogen-bond donors (Lipinski definition) is 1. The second-order valence-electron chi connectivity index (χ2n) is 8.98. The maximum absolute atomic E-state index is 11.9. The molecule has 0 amide bonds. The number of carbonyl (C=O) groups is 1. The molecule has 38 heavy (non-hydrogen) atoms. The van der Waals surface area contributed by atoms with Crippen LogP contribution >= 0.6 is 0 Å². The summed E-state index contributed by atoms with van der Waals surface area (Å²) in [4.78, 5) is 16.7. The van der Waals surface area contributed by atoms with E-state index in [-0.39, 0.29) is 5.56 Å². The van der Waals surface area contributed by atoms with Crippen LogP contribution in [0.25, 0.3) is 11.3 Å². The zero-order valence-corrected chi connectivity index (χ0v) is 21.9. The largest absolute Gasteiger partial charge is 0.497 e. The van der Waals surface area contributed by atoms with Gasteiger partial charge in [-0.25, -0.2) is 4.79 Å². The number of nitrogens with zero attached hydrogens (tertiary/aromatic N) is 1. The maximum atomic E-state index is 11.9. The lowest BCUT2D eigenvalue weighted by Crippen LogP contribution is -2.08. The molecule has 0 spiro atoms. The second kappa shape index (κ2) is 13.3. The molecule has 0 atom stereocenters. The van der Waals surface area contributed by atoms with Crippen molar-refractivity contribution >= 4 is 5.97 Å². The molecule has 1 aromatic heterocycles. The zero-order valence-electron chi connectivity index (χ0n) is 21.9. The first-order valence-corrected chi connectivity index (χ1v) is 12.9. The Labute approximate surface area is 223 Å². The van der Waals surface area contributed by atoms with Crippen LogP contribution in [-0.2, 0) is 19.4 Å². The number of carboxylic acid groups (broad SMARTS) is 1. The molecule has 0 saturated carbocycles. The molecule has 0 bridgehead atoms. The molecule has 0 aliphatic rings. The Hall–Kier alpha value is -4.32. The Bertz CT molecular complexity index is 1340. The Morgan fingerprint density at radius 1 is 0.842 bits per heavy atom. The number of ether oxygens (including phenoxy) is 3. The van der Waals surface area contributed by atoms with Gasteiger partial charge in [-0.05, 0) is 66.8 Å². The molecule has 196 valence electrons. The quantitative estimate of drug-likeness (QED) is 0.195. The molecule has 6 nitrogen and oxygen atoms in total. The van der Waals surface area contributed by atoms with Crippen LogP contribution in [0, 0.1) is 0 Å². The summed E-state index contributed by atoms with van der Waals surface area (Å²) in [5.74, 6) is 1.09. The number of benzene rings is 3. The third-order valence-corrected chi connectivity index (χ3v) is 6.20. The summed E-state index contributed by atoms with van der Waals surface area (Å²) in [7, 11) is 1.61. The Balaban J connectivity index is 1.50. The van der Waals surface area contributed by atoms with E-state index in [4.69, 9.17) is 19.2 Å². The highest BCUT2D eigenvalue weighted by atomic mass is 16.5. The first-order chi connectivity index (χ1) is 18.6. The Morgan fingerprint density at radius 2 is 1.61 bits per heavy atom. The number of carboxylic acids is 1. The summed E-state index contributed by atoms with van der Waals surface area (Å²) >= 11 is 0. The summed E-state index contributed by atoms with van der Waals surface area (Å²) in [6.07, 6.45) is 3.26. The number of rotatable bonds is 13. The summed E-state index contributed by atoms with van der Waals surface area (Å²) in [5, 5.41) is 9.75. The van der Waals surface area contributed by atoms with E-state index < -0.39 is 5.97 Å². The lowest BCUT2D eigenvalue weighted by atomic mass is 10.0. The fourth-order valence-electron chi connectivity index (χ4n) is 4.20. The van der Waals surface area contributed by atoms with Crippen molar-refractivity contribution in [2.24, 2.45) is 0 Å². The molecule has 4 rings (SSSR count). The SMILES string of the molecule is CCCc1ccc(OCCCc2nc(-c3ccc(OC)cc3OCc3ccccc3)ccc2C(=O)O)cc1. The summed E-state index contributed by atoms with van der Waals surface area (Å²) in [6.45, 7) is 3.01. The molecular formula is C32H33NO5. The number of aryl methyl sites for hydroxylation is 2. The van der Waals surface area contributed by atoms with E-state index in [0.29, 0.717) is 48.9 Å². The van der Waals surface area contributed by atoms with Gasteiger partial charge in [0, 0.05) is 11.6 Å². The minimum atomic E-state index is -0.998. The fraction of sp³-hybridized carbons (Fsp3) is 0.250. The molecule has 0 unspecified atom stereocenters. The van der Waals surface area contributed by atoms with Gasteiger partial charge in [-0.3, -0.25) is 4.98 Å². The molecule has 1 N–H and O–H groups in total. The predicted molar refractivity (Wildman–Crippen MR) is 148 cm³/mol. The van der Waals surface area contributed by atoms with Crippen LogP contribution in [0.3, 0.4) is 0 Å². The minimum absolute atomic E-state index is 0.193. The van der Waals surface area contributed by atoms with Gasteiger partial charge >= 0.3 is 5.97 Å². The molecular weight excluding hydrogens is 478 g/mol. The van der Waals surface area contributed by atoms with Crippen molar-refractivity contribution in [2.45, 2.75) is 39.2 Å². The smallest absolute Gasteiger partial charge is 0.337 e. The van der Waals surface area contributed by atoms with Gasteiger partial charge in [0.1, 0.15) is 23.9 Å².